The number of amides is 1. The zero-order chi connectivity index (χ0) is 17.2. The molecule has 23 heavy (non-hydrogen) atoms. The Morgan fingerprint density at radius 2 is 1.65 bits per heavy atom. The Morgan fingerprint density at radius 3 is 2.09 bits per heavy atom. The Labute approximate surface area is 152 Å². The Bertz CT molecular complexity index is 638. The SMILES string of the molecule is CC(N)(C(=O)NCCS(=O)(=O)C(C)(C)C)c1ccc(Br)cc1.Cl. The first-order valence-corrected chi connectivity index (χ1v) is 9.38. The molecular weight excluding hydrogens is 404 g/mol. The van der Waals surface area contributed by atoms with E-state index in [9.17, 15) is 13.2 Å². The molecule has 0 fully saturated rings. The first kappa shape index (κ1) is 22.4. The molecule has 0 aromatic heterocycles. The second-order valence-electron chi connectivity index (χ2n) is 6.40. The summed E-state index contributed by atoms with van der Waals surface area (Å²) in [5, 5.41) is 2.61. The van der Waals surface area contributed by atoms with Crippen molar-refractivity contribution < 1.29 is 13.2 Å². The van der Waals surface area contributed by atoms with Gasteiger partial charge in [0.05, 0.1) is 10.5 Å². The molecule has 1 atom stereocenters. The van der Waals surface area contributed by atoms with Crippen LogP contribution in [0.15, 0.2) is 28.7 Å². The molecule has 0 saturated carbocycles. The first-order valence-electron chi connectivity index (χ1n) is 6.93. The molecule has 0 bridgehead atoms. The summed E-state index contributed by atoms with van der Waals surface area (Å²) >= 11 is 3.32. The van der Waals surface area contributed by atoms with Crippen LogP contribution >= 0.6 is 28.3 Å². The van der Waals surface area contributed by atoms with Crippen LogP contribution in [0.3, 0.4) is 0 Å². The van der Waals surface area contributed by atoms with Gasteiger partial charge in [0, 0.05) is 11.0 Å². The molecule has 1 amide bonds. The van der Waals surface area contributed by atoms with Crippen LogP contribution in [-0.2, 0) is 20.2 Å². The summed E-state index contributed by atoms with van der Waals surface area (Å²) in [5.74, 6) is -0.516. The van der Waals surface area contributed by atoms with Crippen molar-refractivity contribution in [2.45, 2.75) is 38.0 Å². The highest BCUT2D eigenvalue weighted by atomic mass is 79.9. The maximum absolute atomic E-state index is 12.2. The van der Waals surface area contributed by atoms with Crippen LogP contribution in [0.1, 0.15) is 33.3 Å². The maximum atomic E-state index is 12.2. The van der Waals surface area contributed by atoms with Crippen molar-refractivity contribution >= 4 is 44.1 Å². The Kier molecular flexibility index (Phi) is 7.74. The number of sulfone groups is 1. The molecule has 8 heteroatoms. The predicted molar refractivity (Wildman–Crippen MR) is 99.5 cm³/mol. The summed E-state index contributed by atoms with van der Waals surface area (Å²) in [6, 6.07) is 7.13. The molecule has 0 spiro atoms. The van der Waals surface area contributed by atoms with Gasteiger partial charge in [0.2, 0.25) is 5.91 Å². The van der Waals surface area contributed by atoms with Crippen LogP contribution < -0.4 is 11.1 Å². The molecule has 0 aliphatic rings. The third-order valence-corrected chi connectivity index (χ3v) is 6.64. The summed E-state index contributed by atoms with van der Waals surface area (Å²) in [6.45, 7) is 6.56. The van der Waals surface area contributed by atoms with E-state index in [2.05, 4.69) is 21.2 Å². The van der Waals surface area contributed by atoms with E-state index in [4.69, 9.17) is 5.73 Å². The van der Waals surface area contributed by atoms with E-state index in [0.29, 0.717) is 5.56 Å². The Balaban J connectivity index is 0.00000484. The predicted octanol–water partition coefficient (Wildman–Crippen LogP) is 2.37. The van der Waals surface area contributed by atoms with Crippen LogP contribution in [-0.4, -0.2) is 31.4 Å². The van der Waals surface area contributed by atoms with Gasteiger partial charge in [-0.2, -0.15) is 0 Å². The zero-order valence-electron chi connectivity index (χ0n) is 13.7. The average molecular weight is 428 g/mol. The van der Waals surface area contributed by atoms with Gasteiger partial charge in [-0.15, -0.1) is 12.4 Å². The topological polar surface area (TPSA) is 89.3 Å². The highest BCUT2D eigenvalue weighted by Crippen LogP contribution is 2.21. The maximum Gasteiger partial charge on any atom is 0.244 e. The van der Waals surface area contributed by atoms with E-state index in [1.807, 2.05) is 0 Å². The van der Waals surface area contributed by atoms with Gasteiger partial charge in [-0.05, 0) is 45.4 Å². The lowest BCUT2D eigenvalue weighted by Crippen LogP contribution is -2.50. The monoisotopic (exact) mass is 426 g/mol. The quantitative estimate of drug-likeness (QED) is 0.755. The smallest absolute Gasteiger partial charge is 0.244 e. The lowest BCUT2D eigenvalue weighted by Gasteiger charge is -2.25. The molecule has 0 heterocycles. The minimum atomic E-state index is -3.27. The molecule has 5 nitrogen and oxygen atoms in total. The molecule has 0 saturated heterocycles. The first-order chi connectivity index (χ1) is 9.88. The van der Waals surface area contributed by atoms with E-state index in [-0.39, 0.29) is 24.7 Å². The molecular formula is C15H24BrClN2O3S. The largest absolute Gasteiger partial charge is 0.353 e. The van der Waals surface area contributed by atoms with Gasteiger partial charge in [-0.1, -0.05) is 28.1 Å². The summed E-state index contributed by atoms with van der Waals surface area (Å²) in [6.07, 6.45) is 0. The summed E-state index contributed by atoms with van der Waals surface area (Å²) in [5.41, 5.74) is 5.53. The fourth-order valence-electron chi connectivity index (χ4n) is 1.72. The van der Waals surface area contributed by atoms with Crippen LogP contribution in [0.4, 0.5) is 0 Å². The van der Waals surface area contributed by atoms with Gasteiger partial charge in [0.1, 0.15) is 5.54 Å². The van der Waals surface area contributed by atoms with E-state index in [1.165, 1.54) is 0 Å². The van der Waals surface area contributed by atoms with Crippen molar-refractivity contribution in [3.05, 3.63) is 34.3 Å². The summed E-state index contributed by atoms with van der Waals surface area (Å²) in [4.78, 5) is 12.2. The van der Waals surface area contributed by atoms with Gasteiger partial charge < -0.3 is 11.1 Å². The number of nitrogens with one attached hydrogen (secondary N) is 1. The molecule has 0 radical (unpaired) electrons. The van der Waals surface area contributed by atoms with Crippen LogP contribution in [0.5, 0.6) is 0 Å². The molecule has 132 valence electrons. The molecule has 0 aliphatic heterocycles. The van der Waals surface area contributed by atoms with E-state index in [0.717, 1.165) is 4.47 Å². The highest BCUT2D eigenvalue weighted by Gasteiger charge is 2.32. The van der Waals surface area contributed by atoms with Crippen molar-refractivity contribution in [3.8, 4) is 0 Å². The number of benzene rings is 1. The number of nitrogens with two attached hydrogens (primary N) is 1. The third kappa shape index (κ3) is 5.74. The van der Waals surface area contributed by atoms with Gasteiger partial charge in [-0.25, -0.2) is 8.42 Å². The van der Waals surface area contributed by atoms with Crippen molar-refractivity contribution in [2.24, 2.45) is 5.73 Å². The number of hydrogen-bond donors (Lipinski definition) is 2. The van der Waals surface area contributed by atoms with Crippen LogP contribution in [0, 0.1) is 0 Å². The van der Waals surface area contributed by atoms with Gasteiger partial charge in [-0.3, -0.25) is 4.79 Å². The fourth-order valence-corrected chi connectivity index (χ4v) is 2.96. The molecule has 1 aromatic carbocycles. The second kappa shape index (κ2) is 7.96. The van der Waals surface area contributed by atoms with Crippen LogP contribution in [0.2, 0.25) is 0 Å². The number of hydrogen-bond acceptors (Lipinski definition) is 4. The Morgan fingerprint density at radius 1 is 1.17 bits per heavy atom. The van der Waals surface area contributed by atoms with Crippen molar-refractivity contribution in [1.29, 1.82) is 0 Å². The van der Waals surface area contributed by atoms with Crippen LogP contribution in [0.25, 0.3) is 0 Å². The average Bonchev–Trinajstić information content (AvgIpc) is 2.37. The highest BCUT2D eigenvalue weighted by molar-refractivity contribution is 9.10. The summed E-state index contributed by atoms with van der Waals surface area (Å²) in [7, 11) is -3.27. The molecule has 1 aromatic rings. The minimum Gasteiger partial charge on any atom is -0.353 e. The number of carbonyl (C=O) groups excluding carboxylic acids is 1. The van der Waals surface area contributed by atoms with E-state index in [1.54, 1.807) is 52.0 Å². The normalized spacial score (nSPS) is 14.5. The van der Waals surface area contributed by atoms with Crippen molar-refractivity contribution in [3.63, 3.8) is 0 Å². The fraction of sp³-hybridized carbons (Fsp3) is 0.533. The van der Waals surface area contributed by atoms with Crippen molar-refractivity contribution in [1.82, 2.24) is 5.32 Å². The molecule has 0 aliphatic carbocycles. The molecule has 3 N–H and O–H groups in total. The minimum absolute atomic E-state index is 0. The number of halogens is 2. The lowest BCUT2D eigenvalue weighted by atomic mass is 9.92. The lowest BCUT2D eigenvalue weighted by molar-refractivity contribution is -0.125. The standard InChI is InChI=1S/C15H23BrN2O3S.ClH/c1-14(2,3)22(20,21)10-9-18-13(19)15(4,17)11-5-7-12(16)8-6-11;/h5-8H,9-10,17H2,1-4H3,(H,18,19);1H. The second-order valence-corrected chi connectivity index (χ2v) is 10.2. The van der Waals surface area contributed by atoms with E-state index < -0.39 is 26.0 Å². The molecule has 1 rings (SSSR count). The third-order valence-electron chi connectivity index (χ3n) is 3.50. The molecule has 1 unspecified atom stereocenters. The van der Waals surface area contributed by atoms with Gasteiger partial charge in [0.15, 0.2) is 9.84 Å². The zero-order valence-corrected chi connectivity index (χ0v) is 16.9. The van der Waals surface area contributed by atoms with Gasteiger partial charge >= 0.3 is 0 Å². The van der Waals surface area contributed by atoms with E-state index >= 15 is 0 Å². The number of rotatable bonds is 5. The van der Waals surface area contributed by atoms with Crippen molar-refractivity contribution in [2.75, 3.05) is 12.3 Å². The van der Waals surface area contributed by atoms with Gasteiger partial charge in [0.25, 0.3) is 0 Å². The number of carbonyl (C=O) groups is 1. The Hall–Kier alpha value is -0.630. The summed E-state index contributed by atoms with van der Waals surface area (Å²) < 4.78 is 24.1.